The number of anilines is 1. The first-order chi connectivity index (χ1) is 16.1. The summed E-state index contributed by atoms with van der Waals surface area (Å²) in [7, 11) is 0. The van der Waals surface area contributed by atoms with Crippen molar-refractivity contribution in [2.75, 3.05) is 30.2 Å². The van der Waals surface area contributed by atoms with Crippen molar-refractivity contribution in [2.24, 2.45) is 0 Å². The number of nitrogens with one attached hydrogen (secondary N) is 2. The summed E-state index contributed by atoms with van der Waals surface area (Å²) in [6.07, 6.45) is 2.51. The Morgan fingerprint density at radius 3 is 2.88 bits per heavy atom. The van der Waals surface area contributed by atoms with Crippen LogP contribution < -0.4 is 25.0 Å². The van der Waals surface area contributed by atoms with Crippen LogP contribution in [-0.4, -0.2) is 52.9 Å². The number of rotatable bonds is 7. The Bertz CT molecular complexity index is 1200. The highest BCUT2D eigenvalue weighted by Gasteiger charge is 2.31. The van der Waals surface area contributed by atoms with Crippen LogP contribution in [0.5, 0.6) is 11.5 Å². The summed E-state index contributed by atoms with van der Waals surface area (Å²) < 4.78 is 12.8. The number of carbonyl (C=O) groups is 2. The second kappa shape index (κ2) is 9.22. The van der Waals surface area contributed by atoms with Crippen LogP contribution in [0.4, 0.5) is 10.7 Å². The highest BCUT2D eigenvalue weighted by molar-refractivity contribution is 7.98. The van der Waals surface area contributed by atoms with Crippen molar-refractivity contribution in [2.45, 2.75) is 25.6 Å². The lowest BCUT2D eigenvalue weighted by Crippen LogP contribution is -2.51. The minimum atomic E-state index is -0.641. The van der Waals surface area contributed by atoms with Gasteiger partial charge in [-0.3, -0.25) is 9.69 Å². The molecule has 1 unspecified atom stereocenters. The van der Waals surface area contributed by atoms with Gasteiger partial charge in [-0.2, -0.15) is 11.8 Å². The fraction of sp³-hybridized carbons (Fsp3) is 0.348. The third kappa shape index (κ3) is 4.30. The number of fused-ring (bicyclic) bond motifs is 4. The van der Waals surface area contributed by atoms with Gasteiger partial charge in [-0.1, -0.05) is 18.2 Å². The van der Waals surface area contributed by atoms with Crippen molar-refractivity contribution < 1.29 is 19.1 Å². The lowest BCUT2D eigenvalue weighted by atomic mass is 10.1. The number of aromatic nitrogens is 2. The molecule has 0 fully saturated rings. The number of para-hydroxylation sites is 2. The predicted octanol–water partition coefficient (Wildman–Crippen LogP) is 2.73. The molecule has 33 heavy (non-hydrogen) atoms. The Kier molecular flexibility index (Phi) is 5.99. The van der Waals surface area contributed by atoms with Gasteiger partial charge in [-0.05, 0) is 48.3 Å². The molecule has 2 aliphatic rings. The Morgan fingerprint density at radius 2 is 2.00 bits per heavy atom. The fourth-order valence-corrected chi connectivity index (χ4v) is 4.55. The van der Waals surface area contributed by atoms with Gasteiger partial charge < -0.3 is 24.7 Å². The van der Waals surface area contributed by atoms with Crippen LogP contribution in [0.15, 0.2) is 42.5 Å². The molecular formula is C23H25N5O4S. The summed E-state index contributed by atoms with van der Waals surface area (Å²) >= 11 is 1.63. The molecule has 3 aromatic rings. The second-order valence-electron chi connectivity index (χ2n) is 7.89. The van der Waals surface area contributed by atoms with Gasteiger partial charge in [0.25, 0.3) is 0 Å². The third-order valence-corrected chi connectivity index (χ3v) is 6.44. The van der Waals surface area contributed by atoms with Crippen molar-refractivity contribution in [1.29, 1.82) is 0 Å². The van der Waals surface area contributed by atoms with Gasteiger partial charge in [0.2, 0.25) is 18.6 Å². The Labute approximate surface area is 195 Å². The first-order valence-electron chi connectivity index (χ1n) is 10.8. The number of thioether (sulfide) groups is 1. The summed E-state index contributed by atoms with van der Waals surface area (Å²) in [5.74, 6) is 2.51. The van der Waals surface area contributed by atoms with Crippen LogP contribution in [0.1, 0.15) is 12.0 Å². The van der Waals surface area contributed by atoms with Crippen LogP contribution >= 0.6 is 11.8 Å². The molecule has 172 valence electrons. The van der Waals surface area contributed by atoms with E-state index in [4.69, 9.17) is 9.47 Å². The van der Waals surface area contributed by atoms with E-state index in [1.807, 2.05) is 53.3 Å². The van der Waals surface area contributed by atoms with Crippen LogP contribution in [0.3, 0.4) is 0 Å². The smallest absolute Gasteiger partial charge is 0.324 e. The van der Waals surface area contributed by atoms with Gasteiger partial charge in [0.1, 0.15) is 6.04 Å². The van der Waals surface area contributed by atoms with E-state index >= 15 is 0 Å². The van der Waals surface area contributed by atoms with Crippen molar-refractivity contribution >= 4 is 40.7 Å². The molecule has 9 nitrogen and oxygen atoms in total. The number of urea groups is 1. The monoisotopic (exact) mass is 467 g/mol. The van der Waals surface area contributed by atoms with Crippen molar-refractivity contribution in [3.05, 3.63) is 48.0 Å². The largest absolute Gasteiger partial charge is 0.454 e. The van der Waals surface area contributed by atoms with E-state index in [1.165, 1.54) is 0 Å². The molecule has 2 aromatic carbocycles. The minimum Gasteiger partial charge on any atom is -0.454 e. The van der Waals surface area contributed by atoms with Crippen LogP contribution in [0.25, 0.3) is 11.0 Å². The molecule has 3 heterocycles. The molecule has 2 N–H and O–H groups in total. The molecule has 2 aliphatic heterocycles. The number of imidazole rings is 1. The third-order valence-electron chi connectivity index (χ3n) is 5.80. The number of hydrogen-bond acceptors (Lipinski definition) is 6. The maximum atomic E-state index is 13.1. The van der Waals surface area contributed by atoms with Gasteiger partial charge >= 0.3 is 6.03 Å². The number of hydrogen-bond donors (Lipinski definition) is 2. The Balaban J connectivity index is 1.25. The normalized spacial score (nSPS) is 14.9. The maximum Gasteiger partial charge on any atom is 0.324 e. The zero-order valence-corrected chi connectivity index (χ0v) is 19.1. The summed E-state index contributed by atoms with van der Waals surface area (Å²) in [5, 5.41) is 5.86. The number of benzene rings is 2. The average Bonchev–Trinajstić information content (AvgIpc) is 3.54. The molecule has 10 heteroatoms. The van der Waals surface area contributed by atoms with E-state index in [0.29, 0.717) is 43.5 Å². The molecule has 5 rings (SSSR count). The summed E-state index contributed by atoms with van der Waals surface area (Å²) in [6.45, 7) is 1.74. The van der Waals surface area contributed by atoms with Gasteiger partial charge in [-0.15, -0.1) is 0 Å². The Morgan fingerprint density at radius 1 is 1.15 bits per heavy atom. The standard InChI is InChI=1S/C23H25N5O4S/c1-33-11-8-17(21(29)24-13-15-6-7-19-20(12-15)32-14-31-19)26-23(30)28-10-9-27-18-5-3-2-4-16(18)25-22(27)28/h2-7,12,17H,8-11,13-14H2,1H3,(H,24,29)(H,26,30). The van der Waals surface area contributed by atoms with E-state index in [1.54, 1.807) is 16.7 Å². The first kappa shape index (κ1) is 21.4. The van der Waals surface area contributed by atoms with Crippen LogP contribution in [-0.2, 0) is 17.9 Å². The SMILES string of the molecule is CSCCC(NC(=O)N1CCn2c1nc1ccccc12)C(=O)NCc1ccc2c(c1)OCO2. The highest BCUT2D eigenvalue weighted by atomic mass is 32.2. The Hall–Kier alpha value is -3.40. The molecule has 0 bridgehead atoms. The fourth-order valence-electron chi connectivity index (χ4n) is 4.08. The summed E-state index contributed by atoms with van der Waals surface area (Å²) in [6, 6.07) is 12.4. The summed E-state index contributed by atoms with van der Waals surface area (Å²) in [5.41, 5.74) is 2.75. The summed E-state index contributed by atoms with van der Waals surface area (Å²) in [4.78, 5) is 32.3. The van der Waals surface area contributed by atoms with Gasteiger partial charge in [0.15, 0.2) is 11.5 Å². The number of amides is 3. The molecule has 1 atom stereocenters. The topological polar surface area (TPSA) is 97.7 Å². The molecule has 0 radical (unpaired) electrons. The van der Waals surface area contributed by atoms with E-state index < -0.39 is 6.04 Å². The van der Waals surface area contributed by atoms with Gasteiger partial charge in [0.05, 0.1) is 11.0 Å². The van der Waals surface area contributed by atoms with Crippen LogP contribution in [0.2, 0.25) is 0 Å². The quantitative estimate of drug-likeness (QED) is 0.555. The zero-order valence-electron chi connectivity index (χ0n) is 18.2. The lowest BCUT2D eigenvalue weighted by Gasteiger charge is -2.22. The maximum absolute atomic E-state index is 13.1. The molecular weight excluding hydrogens is 442 g/mol. The number of nitrogens with zero attached hydrogens (tertiary/aromatic N) is 3. The first-order valence-corrected chi connectivity index (χ1v) is 12.2. The van der Waals surface area contributed by atoms with Gasteiger partial charge in [0, 0.05) is 19.6 Å². The van der Waals surface area contributed by atoms with E-state index in [2.05, 4.69) is 15.6 Å². The van der Waals surface area contributed by atoms with Crippen molar-refractivity contribution in [1.82, 2.24) is 20.2 Å². The van der Waals surface area contributed by atoms with Crippen LogP contribution in [0, 0.1) is 0 Å². The number of carbonyl (C=O) groups excluding carboxylic acids is 2. The average molecular weight is 468 g/mol. The highest BCUT2D eigenvalue weighted by Crippen LogP contribution is 2.32. The molecule has 3 amide bonds. The van der Waals surface area contributed by atoms with E-state index in [-0.39, 0.29) is 18.7 Å². The second-order valence-corrected chi connectivity index (χ2v) is 8.88. The number of ether oxygens (including phenoxy) is 2. The molecule has 0 aliphatic carbocycles. The van der Waals surface area contributed by atoms with Crippen molar-refractivity contribution in [3.63, 3.8) is 0 Å². The molecule has 1 aromatic heterocycles. The zero-order chi connectivity index (χ0) is 22.8. The lowest BCUT2D eigenvalue weighted by molar-refractivity contribution is -0.123. The van der Waals surface area contributed by atoms with Gasteiger partial charge in [-0.25, -0.2) is 9.78 Å². The van der Waals surface area contributed by atoms with E-state index in [9.17, 15) is 9.59 Å². The van der Waals surface area contributed by atoms with Crippen molar-refractivity contribution in [3.8, 4) is 11.5 Å². The van der Waals surface area contributed by atoms with E-state index in [0.717, 1.165) is 22.3 Å². The molecule has 0 saturated heterocycles. The minimum absolute atomic E-state index is 0.207. The molecule has 0 spiro atoms. The predicted molar refractivity (Wildman–Crippen MR) is 127 cm³/mol. The molecule has 0 saturated carbocycles.